The summed E-state index contributed by atoms with van der Waals surface area (Å²) in [6, 6.07) is 0.595. The molecular formula is C20H41NO3Si. The van der Waals surface area contributed by atoms with Crippen molar-refractivity contribution in [1.82, 2.24) is 5.32 Å². The van der Waals surface area contributed by atoms with Gasteiger partial charge in [0, 0.05) is 25.8 Å². The van der Waals surface area contributed by atoms with Gasteiger partial charge in [-0.15, -0.1) is 0 Å². The molecule has 25 heavy (non-hydrogen) atoms. The van der Waals surface area contributed by atoms with Gasteiger partial charge in [-0.1, -0.05) is 38.5 Å². The first-order valence-corrected chi connectivity index (χ1v) is 13.0. The van der Waals surface area contributed by atoms with E-state index in [0.29, 0.717) is 19.3 Å². The van der Waals surface area contributed by atoms with Crippen LogP contribution >= 0.6 is 0 Å². The molecule has 2 rings (SSSR count). The molecule has 0 bridgehead atoms. The molecule has 0 aliphatic heterocycles. The zero-order chi connectivity index (χ0) is 18.1. The van der Waals surface area contributed by atoms with Crippen molar-refractivity contribution in [2.75, 3.05) is 13.2 Å². The van der Waals surface area contributed by atoms with Crippen LogP contribution in [0.1, 0.15) is 85.0 Å². The van der Waals surface area contributed by atoms with E-state index < -0.39 is 8.80 Å². The van der Waals surface area contributed by atoms with Gasteiger partial charge in [0.05, 0.1) is 6.23 Å². The van der Waals surface area contributed by atoms with Crippen molar-refractivity contribution in [1.29, 1.82) is 0 Å². The molecular weight excluding hydrogens is 330 g/mol. The lowest BCUT2D eigenvalue weighted by molar-refractivity contribution is 0.0142. The fourth-order valence-corrected chi connectivity index (χ4v) is 6.88. The van der Waals surface area contributed by atoms with Crippen LogP contribution in [0, 0.1) is 11.8 Å². The maximum atomic E-state index is 6.31. The summed E-state index contributed by atoms with van der Waals surface area (Å²) in [5.41, 5.74) is 0. The van der Waals surface area contributed by atoms with Crippen LogP contribution in [0.15, 0.2) is 0 Å². The molecule has 2 aliphatic rings. The molecule has 148 valence electrons. The SMILES string of the molecule is CCO[Si](C)(OCC)OC(C)NC(C1CCCCC1)C1CCCCC1. The van der Waals surface area contributed by atoms with Crippen LogP contribution < -0.4 is 5.32 Å². The zero-order valence-electron chi connectivity index (χ0n) is 17.0. The van der Waals surface area contributed by atoms with Crippen LogP contribution in [0.2, 0.25) is 6.55 Å². The Labute approximate surface area is 156 Å². The van der Waals surface area contributed by atoms with Gasteiger partial charge in [-0.25, -0.2) is 0 Å². The van der Waals surface area contributed by atoms with Crippen molar-refractivity contribution in [3.63, 3.8) is 0 Å². The van der Waals surface area contributed by atoms with Crippen molar-refractivity contribution in [3.05, 3.63) is 0 Å². The van der Waals surface area contributed by atoms with E-state index in [1.165, 1.54) is 64.2 Å². The predicted octanol–water partition coefficient (Wildman–Crippen LogP) is 5.11. The van der Waals surface area contributed by atoms with E-state index in [2.05, 4.69) is 12.2 Å². The Bertz CT molecular complexity index is 333. The van der Waals surface area contributed by atoms with Crippen LogP contribution in [0.5, 0.6) is 0 Å². The molecule has 0 saturated heterocycles. The molecule has 4 nitrogen and oxygen atoms in total. The highest BCUT2D eigenvalue weighted by Gasteiger charge is 2.38. The Kier molecular flexibility index (Phi) is 9.42. The van der Waals surface area contributed by atoms with Crippen LogP contribution in [-0.4, -0.2) is 34.3 Å². The van der Waals surface area contributed by atoms with Gasteiger partial charge in [0.2, 0.25) is 0 Å². The highest BCUT2D eigenvalue weighted by atomic mass is 28.4. The van der Waals surface area contributed by atoms with Crippen molar-refractivity contribution >= 4 is 8.80 Å². The van der Waals surface area contributed by atoms with Gasteiger partial charge in [-0.2, -0.15) is 0 Å². The van der Waals surface area contributed by atoms with Crippen LogP contribution in [0.3, 0.4) is 0 Å². The Morgan fingerprint density at radius 2 is 1.28 bits per heavy atom. The minimum atomic E-state index is -2.54. The Hall–Kier alpha value is 0.0569. The van der Waals surface area contributed by atoms with Crippen LogP contribution in [-0.2, 0) is 13.3 Å². The molecule has 0 spiro atoms. The average Bonchev–Trinajstić information content (AvgIpc) is 2.61. The van der Waals surface area contributed by atoms with E-state index in [1.54, 1.807) is 0 Å². The second-order valence-corrected chi connectivity index (χ2v) is 10.5. The third kappa shape index (κ3) is 6.94. The van der Waals surface area contributed by atoms with Gasteiger partial charge in [0.15, 0.2) is 0 Å². The molecule has 0 aromatic carbocycles. The zero-order valence-corrected chi connectivity index (χ0v) is 18.0. The van der Waals surface area contributed by atoms with E-state index in [4.69, 9.17) is 13.3 Å². The summed E-state index contributed by atoms with van der Waals surface area (Å²) >= 11 is 0. The number of hydrogen-bond donors (Lipinski definition) is 1. The maximum absolute atomic E-state index is 6.31. The summed E-state index contributed by atoms with van der Waals surface area (Å²) in [5.74, 6) is 1.63. The van der Waals surface area contributed by atoms with Crippen molar-refractivity contribution in [3.8, 4) is 0 Å². The van der Waals surface area contributed by atoms with Gasteiger partial charge in [0.1, 0.15) is 0 Å². The normalized spacial score (nSPS) is 22.4. The minimum Gasteiger partial charge on any atom is -0.374 e. The third-order valence-electron chi connectivity index (χ3n) is 5.95. The second-order valence-electron chi connectivity index (χ2n) is 7.98. The Morgan fingerprint density at radius 3 is 1.68 bits per heavy atom. The maximum Gasteiger partial charge on any atom is 0.498 e. The second kappa shape index (κ2) is 11.0. The summed E-state index contributed by atoms with van der Waals surface area (Å²) in [6.45, 7) is 9.47. The monoisotopic (exact) mass is 371 g/mol. The fraction of sp³-hybridized carbons (Fsp3) is 1.00. The lowest BCUT2D eigenvalue weighted by Crippen LogP contribution is -2.53. The predicted molar refractivity (Wildman–Crippen MR) is 105 cm³/mol. The van der Waals surface area contributed by atoms with E-state index in [0.717, 1.165) is 11.8 Å². The first-order valence-electron chi connectivity index (χ1n) is 10.8. The van der Waals surface area contributed by atoms with Crippen molar-refractivity contribution in [2.24, 2.45) is 11.8 Å². The first kappa shape index (κ1) is 21.4. The first-order chi connectivity index (χ1) is 12.1. The molecule has 5 heteroatoms. The number of rotatable bonds is 10. The van der Waals surface area contributed by atoms with Crippen molar-refractivity contribution < 1.29 is 13.3 Å². The summed E-state index contributed by atoms with van der Waals surface area (Å²) < 4.78 is 18.0. The molecule has 1 N–H and O–H groups in total. The van der Waals surface area contributed by atoms with Crippen LogP contribution in [0.25, 0.3) is 0 Å². The third-order valence-corrected chi connectivity index (χ3v) is 8.35. The van der Waals surface area contributed by atoms with E-state index >= 15 is 0 Å². The van der Waals surface area contributed by atoms with Gasteiger partial charge < -0.3 is 13.3 Å². The summed E-state index contributed by atoms with van der Waals surface area (Å²) in [4.78, 5) is 0. The molecule has 0 amide bonds. The summed E-state index contributed by atoms with van der Waals surface area (Å²) in [7, 11) is -2.54. The lowest BCUT2D eigenvalue weighted by Gasteiger charge is -2.41. The molecule has 2 saturated carbocycles. The molecule has 0 aromatic rings. The number of nitrogens with one attached hydrogen (secondary N) is 1. The Balaban J connectivity index is 1.98. The topological polar surface area (TPSA) is 39.7 Å². The smallest absolute Gasteiger partial charge is 0.374 e. The standard InChI is InChI=1S/C20H41NO3Si/c1-5-22-25(4,23-6-2)24-17(3)21-20(18-13-9-7-10-14-18)19-15-11-8-12-16-19/h17-21H,5-16H2,1-4H3. The lowest BCUT2D eigenvalue weighted by atomic mass is 9.74. The summed E-state index contributed by atoms with van der Waals surface area (Å²) in [5, 5.41) is 3.88. The summed E-state index contributed by atoms with van der Waals surface area (Å²) in [6.07, 6.45) is 13.9. The van der Waals surface area contributed by atoms with Gasteiger partial charge in [0.25, 0.3) is 0 Å². The molecule has 0 radical (unpaired) electrons. The van der Waals surface area contributed by atoms with Gasteiger partial charge >= 0.3 is 8.80 Å². The molecule has 1 unspecified atom stereocenters. The quantitative estimate of drug-likeness (QED) is 0.428. The van der Waals surface area contributed by atoms with E-state index in [1.807, 2.05) is 20.4 Å². The van der Waals surface area contributed by atoms with Crippen molar-refractivity contribution in [2.45, 2.75) is 104 Å². The van der Waals surface area contributed by atoms with E-state index in [9.17, 15) is 0 Å². The molecule has 0 heterocycles. The largest absolute Gasteiger partial charge is 0.498 e. The highest BCUT2D eigenvalue weighted by molar-refractivity contribution is 6.59. The average molecular weight is 372 g/mol. The van der Waals surface area contributed by atoms with E-state index in [-0.39, 0.29) is 6.23 Å². The molecule has 2 fully saturated rings. The van der Waals surface area contributed by atoms with Crippen LogP contribution in [0.4, 0.5) is 0 Å². The highest BCUT2D eigenvalue weighted by Crippen LogP contribution is 2.36. The van der Waals surface area contributed by atoms with Gasteiger partial charge in [-0.05, 0) is 58.3 Å². The minimum absolute atomic E-state index is 0.0105. The number of hydrogen-bond acceptors (Lipinski definition) is 4. The Morgan fingerprint density at radius 1 is 0.840 bits per heavy atom. The molecule has 2 aliphatic carbocycles. The fourth-order valence-electron chi connectivity index (χ4n) is 4.90. The van der Waals surface area contributed by atoms with Gasteiger partial charge in [-0.3, -0.25) is 5.32 Å². The molecule has 0 aromatic heterocycles. The molecule has 1 atom stereocenters.